The first-order valence-corrected chi connectivity index (χ1v) is 3.08. The van der Waals surface area contributed by atoms with Crippen molar-refractivity contribution >= 4 is 6.29 Å². The van der Waals surface area contributed by atoms with Gasteiger partial charge in [-0.2, -0.15) is 0 Å². The van der Waals surface area contributed by atoms with Crippen molar-refractivity contribution in [2.24, 2.45) is 0 Å². The third kappa shape index (κ3) is 4.96. The van der Waals surface area contributed by atoms with Crippen LogP contribution < -0.4 is 0 Å². The summed E-state index contributed by atoms with van der Waals surface area (Å²) in [7, 11) is 0. The van der Waals surface area contributed by atoms with E-state index in [4.69, 9.17) is 15.0 Å². The van der Waals surface area contributed by atoms with E-state index in [0.717, 1.165) is 6.29 Å². The number of hydrogen-bond donors (Lipinski definition) is 2. The molecule has 3 nitrogen and oxygen atoms in total. The number of phenols is 2. The average molecular weight is 154 g/mol. The first-order valence-electron chi connectivity index (χ1n) is 3.08. The summed E-state index contributed by atoms with van der Waals surface area (Å²) in [6.45, 7) is 1.44. The Morgan fingerprint density at radius 3 is 1.45 bits per heavy atom. The molecular weight excluding hydrogens is 144 g/mol. The average Bonchev–Trinajstić information content (AvgIpc) is 1.97. The Labute approximate surface area is 64.9 Å². The van der Waals surface area contributed by atoms with Crippen molar-refractivity contribution in [2.75, 3.05) is 0 Å². The third-order valence-corrected chi connectivity index (χ3v) is 0.850. The topological polar surface area (TPSA) is 57.5 Å². The van der Waals surface area contributed by atoms with E-state index in [1.807, 2.05) is 0 Å². The van der Waals surface area contributed by atoms with E-state index in [9.17, 15) is 0 Å². The van der Waals surface area contributed by atoms with Crippen molar-refractivity contribution in [2.45, 2.75) is 6.92 Å². The molecule has 0 atom stereocenters. The van der Waals surface area contributed by atoms with E-state index in [1.54, 1.807) is 0 Å². The predicted molar refractivity (Wildman–Crippen MR) is 41.5 cm³/mol. The first kappa shape index (κ1) is 9.49. The lowest BCUT2D eigenvalue weighted by molar-refractivity contribution is -0.106. The lowest BCUT2D eigenvalue weighted by atomic mass is 10.3. The smallest absolute Gasteiger partial charge is 0.116 e. The van der Waals surface area contributed by atoms with Crippen molar-refractivity contribution in [3.63, 3.8) is 0 Å². The van der Waals surface area contributed by atoms with E-state index in [0.29, 0.717) is 0 Å². The molecule has 2 N–H and O–H groups in total. The molecular formula is C8H10O3. The van der Waals surface area contributed by atoms with Crippen LogP contribution >= 0.6 is 0 Å². The van der Waals surface area contributed by atoms with Crippen LogP contribution in [-0.4, -0.2) is 16.5 Å². The number of aromatic hydroxyl groups is 2. The SMILES string of the molecule is CC=O.Oc1ccc(O)cc1. The molecule has 0 unspecified atom stereocenters. The maximum atomic E-state index is 8.81. The van der Waals surface area contributed by atoms with Crippen LogP contribution in [0.5, 0.6) is 11.5 Å². The van der Waals surface area contributed by atoms with Crippen molar-refractivity contribution in [1.29, 1.82) is 0 Å². The van der Waals surface area contributed by atoms with Crippen molar-refractivity contribution in [3.8, 4) is 11.5 Å². The fourth-order valence-electron chi connectivity index (χ4n) is 0.453. The second-order valence-corrected chi connectivity index (χ2v) is 1.75. The Kier molecular flexibility index (Phi) is 4.56. The van der Waals surface area contributed by atoms with Crippen LogP contribution in [0.4, 0.5) is 0 Å². The first-order chi connectivity index (χ1) is 5.20. The van der Waals surface area contributed by atoms with Crippen LogP contribution in [-0.2, 0) is 4.79 Å². The van der Waals surface area contributed by atoms with Gasteiger partial charge in [-0.3, -0.25) is 0 Å². The normalized spacial score (nSPS) is 7.73. The minimum atomic E-state index is 0.169. The van der Waals surface area contributed by atoms with Gasteiger partial charge in [0.05, 0.1) is 0 Å². The van der Waals surface area contributed by atoms with Crippen LogP contribution in [0.25, 0.3) is 0 Å². The Bertz CT molecular complexity index is 182. The summed E-state index contributed by atoms with van der Waals surface area (Å²) in [6, 6.07) is 5.70. The molecule has 0 saturated heterocycles. The molecule has 0 spiro atoms. The second kappa shape index (κ2) is 5.29. The second-order valence-electron chi connectivity index (χ2n) is 1.75. The quantitative estimate of drug-likeness (QED) is 0.437. The summed E-state index contributed by atoms with van der Waals surface area (Å²) in [4.78, 5) is 8.81. The molecule has 0 aliphatic heterocycles. The monoisotopic (exact) mass is 154 g/mol. The molecule has 3 heteroatoms. The van der Waals surface area contributed by atoms with E-state index in [-0.39, 0.29) is 11.5 Å². The maximum absolute atomic E-state index is 8.81. The zero-order chi connectivity index (χ0) is 8.69. The summed E-state index contributed by atoms with van der Waals surface area (Å²) < 4.78 is 0. The Morgan fingerprint density at radius 1 is 1.09 bits per heavy atom. The number of phenolic OH excluding ortho intramolecular Hbond substituents is 2. The highest BCUT2D eigenvalue weighted by Gasteiger charge is 1.84. The van der Waals surface area contributed by atoms with Gasteiger partial charge in [0.2, 0.25) is 0 Å². The molecule has 1 rings (SSSR count). The summed E-state index contributed by atoms with van der Waals surface area (Å²) in [5, 5.41) is 17.3. The lowest BCUT2D eigenvalue weighted by Gasteiger charge is -1.88. The largest absolute Gasteiger partial charge is 0.508 e. The van der Waals surface area contributed by atoms with E-state index in [2.05, 4.69) is 0 Å². The van der Waals surface area contributed by atoms with E-state index >= 15 is 0 Å². The Hall–Kier alpha value is -1.51. The van der Waals surface area contributed by atoms with Gasteiger partial charge in [0.1, 0.15) is 17.8 Å². The van der Waals surface area contributed by atoms with Crippen molar-refractivity contribution < 1.29 is 15.0 Å². The number of benzene rings is 1. The predicted octanol–water partition coefficient (Wildman–Crippen LogP) is 1.30. The van der Waals surface area contributed by atoms with E-state index < -0.39 is 0 Å². The van der Waals surface area contributed by atoms with Gasteiger partial charge in [0.25, 0.3) is 0 Å². The van der Waals surface area contributed by atoms with Crippen molar-refractivity contribution in [1.82, 2.24) is 0 Å². The van der Waals surface area contributed by atoms with Gasteiger partial charge in [-0.25, -0.2) is 0 Å². The zero-order valence-corrected chi connectivity index (χ0v) is 6.19. The van der Waals surface area contributed by atoms with Gasteiger partial charge in [-0.1, -0.05) is 0 Å². The van der Waals surface area contributed by atoms with Gasteiger partial charge in [-0.15, -0.1) is 0 Å². The summed E-state index contributed by atoms with van der Waals surface area (Å²) in [6.07, 6.45) is 0.750. The molecule has 0 aliphatic rings. The number of aldehydes is 1. The molecule has 0 aliphatic carbocycles. The van der Waals surface area contributed by atoms with Gasteiger partial charge in [0.15, 0.2) is 0 Å². The molecule has 0 heterocycles. The van der Waals surface area contributed by atoms with Crippen LogP contribution in [0, 0.1) is 0 Å². The molecule has 0 aromatic heterocycles. The number of hydrogen-bond acceptors (Lipinski definition) is 3. The van der Waals surface area contributed by atoms with Crippen LogP contribution in [0.2, 0.25) is 0 Å². The molecule has 0 amide bonds. The molecule has 1 aromatic rings. The highest BCUT2D eigenvalue weighted by atomic mass is 16.3. The summed E-state index contributed by atoms with van der Waals surface area (Å²) in [5.41, 5.74) is 0. The fourth-order valence-corrected chi connectivity index (χ4v) is 0.453. The molecule has 11 heavy (non-hydrogen) atoms. The van der Waals surface area contributed by atoms with Crippen LogP contribution in [0.1, 0.15) is 6.92 Å². The molecule has 1 aromatic carbocycles. The molecule has 0 bridgehead atoms. The van der Waals surface area contributed by atoms with Gasteiger partial charge in [0, 0.05) is 0 Å². The maximum Gasteiger partial charge on any atom is 0.116 e. The highest BCUT2D eigenvalue weighted by Crippen LogP contribution is 2.13. The molecule has 60 valence electrons. The third-order valence-electron chi connectivity index (χ3n) is 0.850. The molecule has 0 fully saturated rings. The Morgan fingerprint density at radius 2 is 1.27 bits per heavy atom. The number of carbonyl (C=O) groups is 1. The van der Waals surface area contributed by atoms with Crippen LogP contribution in [0.15, 0.2) is 24.3 Å². The Balaban J connectivity index is 0.000000292. The minimum Gasteiger partial charge on any atom is -0.508 e. The molecule has 0 saturated carbocycles. The minimum absolute atomic E-state index is 0.169. The molecule has 0 radical (unpaired) electrons. The summed E-state index contributed by atoms with van der Waals surface area (Å²) >= 11 is 0. The lowest BCUT2D eigenvalue weighted by Crippen LogP contribution is -1.61. The fraction of sp³-hybridized carbons (Fsp3) is 0.125. The van der Waals surface area contributed by atoms with Gasteiger partial charge in [-0.05, 0) is 31.2 Å². The van der Waals surface area contributed by atoms with Crippen molar-refractivity contribution in [3.05, 3.63) is 24.3 Å². The summed E-state index contributed by atoms with van der Waals surface area (Å²) in [5.74, 6) is 0.339. The van der Waals surface area contributed by atoms with Crippen LogP contribution in [0.3, 0.4) is 0 Å². The van der Waals surface area contributed by atoms with Gasteiger partial charge < -0.3 is 15.0 Å². The number of carbonyl (C=O) groups excluding carboxylic acids is 1. The number of rotatable bonds is 0. The zero-order valence-electron chi connectivity index (χ0n) is 6.19. The van der Waals surface area contributed by atoms with Gasteiger partial charge >= 0.3 is 0 Å². The standard InChI is InChI=1S/C6H6O2.C2H4O/c7-5-1-2-6(8)4-3-5;1-2-3/h1-4,7-8H;2H,1H3. The highest BCUT2D eigenvalue weighted by molar-refractivity contribution is 5.44. The van der Waals surface area contributed by atoms with E-state index in [1.165, 1.54) is 31.2 Å².